The Kier molecular flexibility index (Phi) is 6.24. The van der Waals surface area contributed by atoms with Crippen LogP contribution in [0, 0.1) is 5.82 Å². The molecule has 0 unspecified atom stereocenters. The molecule has 1 heterocycles. The third-order valence-corrected chi connectivity index (χ3v) is 7.34. The molecule has 8 heteroatoms. The molecule has 31 heavy (non-hydrogen) atoms. The monoisotopic (exact) mass is 445 g/mol. The van der Waals surface area contributed by atoms with Crippen molar-refractivity contribution in [2.24, 2.45) is 0 Å². The lowest BCUT2D eigenvalue weighted by atomic mass is 10.0. The minimum atomic E-state index is -3.55. The van der Waals surface area contributed by atoms with E-state index in [-0.39, 0.29) is 17.4 Å². The number of fused-ring (bicyclic) bond motifs is 1. The average molecular weight is 446 g/mol. The molecule has 3 aromatic rings. The van der Waals surface area contributed by atoms with E-state index in [2.05, 4.69) is 0 Å². The number of hydrogen-bond donors (Lipinski definition) is 2. The van der Waals surface area contributed by atoms with Gasteiger partial charge in [0.05, 0.1) is 4.90 Å². The minimum Gasteiger partial charge on any atom is -0.490 e. The molecule has 0 amide bonds. The van der Waals surface area contributed by atoms with E-state index in [1.54, 1.807) is 48.5 Å². The van der Waals surface area contributed by atoms with E-state index in [0.29, 0.717) is 42.6 Å². The maximum absolute atomic E-state index is 13.8. The fourth-order valence-electron chi connectivity index (χ4n) is 3.89. The van der Waals surface area contributed by atoms with Crippen molar-refractivity contribution in [1.82, 2.24) is 4.31 Å². The number of piperidine rings is 1. The Labute approximate surface area is 180 Å². The highest BCUT2D eigenvalue weighted by atomic mass is 32.2. The number of benzene rings is 3. The third kappa shape index (κ3) is 4.88. The number of halogens is 1. The summed E-state index contributed by atoms with van der Waals surface area (Å²) >= 11 is 0. The summed E-state index contributed by atoms with van der Waals surface area (Å²) in [5, 5.41) is 20.0. The van der Waals surface area contributed by atoms with Crippen LogP contribution in [0.1, 0.15) is 18.4 Å². The molecule has 0 atom stereocenters. The predicted octanol–water partition coefficient (Wildman–Crippen LogP) is 3.06. The van der Waals surface area contributed by atoms with E-state index in [0.717, 1.165) is 5.39 Å². The van der Waals surface area contributed by atoms with Gasteiger partial charge in [0.25, 0.3) is 0 Å². The van der Waals surface area contributed by atoms with Crippen LogP contribution in [0.3, 0.4) is 0 Å². The highest BCUT2D eigenvalue weighted by Crippen LogP contribution is 2.32. The minimum absolute atomic E-state index is 0.0252. The van der Waals surface area contributed by atoms with Gasteiger partial charge in [0, 0.05) is 24.9 Å². The molecule has 2 N–H and O–H groups in total. The summed E-state index contributed by atoms with van der Waals surface area (Å²) in [5.41, 5.74) is 0.660. The highest BCUT2D eigenvalue weighted by Gasteiger charge is 2.30. The fraction of sp³-hybridized carbons (Fsp3) is 0.304. The molecule has 0 spiro atoms. The molecular weight excluding hydrogens is 421 g/mol. The van der Waals surface area contributed by atoms with Gasteiger partial charge >= 0.3 is 0 Å². The van der Waals surface area contributed by atoms with E-state index in [1.165, 1.54) is 16.4 Å². The fourth-order valence-corrected chi connectivity index (χ4v) is 5.38. The van der Waals surface area contributed by atoms with Crippen molar-refractivity contribution >= 4 is 20.8 Å². The molecule has 1 aliphatic rings. The van der Waals surface area contributed by atoms with Crippen LogP contribution in [0.25, 0.3) is 10.8 Å². The number of aliphatic hydroxyl groups excluding tert-OH is 1. The SMILES string of the molecule is O=S(=O)(c1ccccc1)N1CCC(Oc2cc(CC(O)O)cc3ccc(F)cc23)CC1. The molecule has 0 saturated carbocycles. The smallest absolute Gasteiger partial charge is 0.243 e. The van der Waals surface area contributed by atoms with Gasteiger partial charge in [-0.25, -0.2) is 12.8 Å². The Balaban J connectivity index is 1.52. The Morgan fingerprint density at radius 3 is 2.42 bits per heavy atom. The second-order valence-corrected chi connectivity index (χ2v) is 9.62. The summed E-state index contributed by atoms with van der Waals surface area (Å²) in [7, 11) is -3.55. The van der Waals surface area contributed by atoms with E-state index >= 15 is 0 Å². The van der Waals surface area contributed by atoms with E-state index in [1.807, 2.05) is 0 Å². The maximum Gasteiger partial charge on any atom is 0.243 e. The Morgan fingerprint density at radius 2 is 1.74 bits per heavy atom. The van der Waals surface area contributed by atoms with Crippen molar-refractivity contribution in [1.29, 1.82) is 0 Å². The molecular formula is C23H24FNO5S. The van der Waals surface area contributed by atoms with Crippen LogP contribution in [0.15, 0.2) is 65.6 Å². The van der Waals surface area contributed by atoms with Crippen molar-refractivity contribution in [2.45, 2.75) is 36.6 Å². The van der Waals surface area contributed by atoms with E-state index in [9.17, 15) is 23.0 Å². The predicted molar refractivity (Wildman–Crippen MR) is 115 cm³/mol. The van der Waals surface area contributed by atoms with Crippen molar-refractivity contribution in [3.05, 3.63) is 72.0 Å². The van der Waals surface area contributed by atoms with Crippen LogP contribution in [-0.4, -0.2) is 48.4 Å². The molecule has 0 radical (unpaired) electrons. The van der Waals surface area contributed by atoms with Gasteiger partial charge in [-0.2, -0.15) is 4.31 Å². The van der Waals surface area contributed by atoms with E-state index < -0.39 is 22.1 Å². The van der Waals surface area contributed by atoms with Gasteiger partial charge < -0.3 is 14.9 Å². The summed E-state index contributed by atoms with van der Waals surface area (Å²) in [6.07, 6.45) is -0.719. The van der Waals surface area contributed by atoms with Gasteiger partial charge in [0.2, 0.25) is 10.0 Å². The number of ether oxygens (including phenoxy) is 1. The first-order chi connectivity index (χ1) is 14.8. The van der Waals surface area contributed by atoms with Crippen LogP contribution in [0.4, 0.5) is 4.39 Å². The maximum atomic E-state index is 13.8. The van der Waals surface area contributed by atoms with Gasteiger partial charge in [-0.3, -0.25) is 0 Å². The standard InChI is InChI=1S/C23H24FNO5S/c24-18-7-6-17-12-16(14-23(26)27)13-22(21(17)15-18)30-19-8-10-25(11-9-19)31(28,29)20-4-2-1-3-5-20/h1-7,12-13,15,19,23,26-27H,8-11,14H2. The molecule has 0 aliphatic carbocycles. The number of rotatable bonds is 6. The second kappa shape index (κ2) is 8.92. The van der Waals surface area contributed by atoms with Crippen LogP contribution in [0.5, 0.6) is 5.75 Å². The third-order valence-electron chi connectivity index (χ3n) is 5.43. The first kappa shape index (κ1) is 21.7. The number of sulfonamides is 1. The highest BCUT2D eigenvalue weighted by molar-refractivity contribution is 7.89. The first-order valence-electron chi connectivity index (χ1n) is 10.1. The van der Waals surface area contributed by atoms with Crippen LogP contribution in [0.2, 0.25) is 0 Å². The molecule has 0 aromatic heterocycles. The van der Waals surface area contributed by atoms with Crippen LogP contribution >= 0.6 is 0 Å². The van der Waals surface area contributed by atoms with Crippen molar-refractivity contribution < 1.29 is 27.8 Å². The molecule has 1 aliphatic heterocycles. The van der Waals surface area contributed by atoms with Gasteiger partial charge in [-0.05, 0) is 54.1 Å². The molecule has 164 valence electrons. The lowest BCUT2D eigenvalue weighted by molar-refractivity contribution is -0.0381. The zero-order chi connectivity index (χ0) is 22.0. The number of aliphatic hydroxyl groups is 2. The number of nitrogens with zero attached hydrogens (tertiary/aromatic N) is 1. The summed E-state index contributed by atoms with van der Waals surface area (Å²) in [6.45, 7) is 0.645. The molecule has 4 rings (SSSR count). The Bertz CT molecular complexity index is 1160. The lowest BCUT2D eigenvalue weighted by Gasteiger charge is -2.31. The quantitative estimate of drug-likeness (QED) is 0.570. The van der Waals surface area contributed by atoms with Gasteiger partial charge in [-0.1, -0.05) is 30.3 Å². The summed E-state index contributed by atoms with van der Waals surface area (Å²) in [5.74, 6) is 0.0630. The van der Waals surface area contributed by atoms with Crippen LogP contribution < -0.4 is 4.74 Å². The first-order valence-corrected chi connectivity index (χ1v) is 11.6. The van der Waals surface area contributed by atoms with Gasteiger partial charge in [-0.15, -0.1) is 0 Å². The van der Waals surface area contributed by atoms with Gasteiger partial charge in [0.15, 0.2) is 6.29 Å². The van der Waals surface area contributed by atoms with Crippen molar-refractivity contribution in [3.8, 4) is 5.75 Å². The summed E-state index contributed by atoms with van der Waals surface area (Å²) < 4.78 is 47.1. The van der Waals surface area contributed by atoms with Crippen molar-refractivity contribution in [2.75, 3.05) is 13.1 Å². The second-order valence-electron chi connectivity index (χ2n) is 7.68. The largest absolute Gasteiger partial charge is 0.490 e. The van der Waals surface area contributed by atoms with Crippen molar-refractivity contribution in [3.63, 3.8) is 0 Å². The lowest BCUT2D eigenvalue weighted by Crippen LogP contribution is -2.41. The number of hydrogen-bond acceptors (Lipinski definition) is 5. The molecule has 3 aromatic carbocycles. The molecule has 6 nitrogen and oxygen atoms in total. The van der Waals surface area contributed by atoms with Crippen LogP contribution in [-0.2, 0) is 16.4 Å². The Morgan fingerprint density at radius 1 is 1.03 bits per heavy atom. The zero-order valence-corrected chi connectivity index (χ0v) is 17.6. The normalized spacial score (nSPS) is 16.1. The molecule has 1 fully saturated rings. The molecule has 0 bridgehead atoms. The zero-order valence-electron chi connectivity index (χ0n) is 16.8. The van der Waals surface area contributed by atoms with Gasteiger partial charge in [0.1, 0.15) is 17.7 Å². The summed E-state index contributed by atoms with van der Waals surface area (Å²) in [4.78, 5) is 0.270. The average Bonchev–Trinajstić information content (AvgIpc) is 2.75. The topological polar surface area (TPSA) is 87.1 Å². The Hall–Kier alpha value is -2.52. The molecule has 1 saturated heterocycles. The summed E-state index contributed by atoms with van der Waals surface area (Å²) in [6, 6.07) is 16.2. The van der Waals surface area contributed by atoms with E-state index in [4.69, 9.17) is 4.74 Å².